The predicted molar refractivity (Wildman–Crippen MR) is 76.5 cm³/mol. The van der Waals surface area contributed by atoms with E-state index >= 15 is 0 Å². The van der Waals surface area contributed by atoms with Crippen LogP contribution in [0.2, 0.25) is 0 Å². The number of carbonyl (C=O) groups is 1. The van der Waals surface area contributed by atoms with Crippen molar-refractivity contribution < 1.29 is 18.6 Å². The Balaban J connectivity index is 1.64. The van der Waals surface area contributed by atoms with E-state index in [1.165, 1.54) is 19.4 Å². The Morgan fingerprint density at radius 1 is 1.30 bits per heavy atom. The number of hydrogen-bond acceptors (Lipinski definition) is 8. The van der Waals surface area contributed by atoms with Gasteiger partial charge in [0.05, 0.1) is 13.7 Å². The number of nitrogens with one attached hydrogen (secondary N) is 1. The van der Waals surface area contributed by atoms with E-state index in [9.17, 15) is 4.79 Å². The highest BCUT2D eigenvalue weighted by molar-refractivity contribution is 5.94. The molecule has 0 saturated carbocycles. The molecule has 0 aliphatic carbocycles. The van der Waals surface area contributed by atoms with Gasteiger partial charge in [-0.2, -0.15) is 4.98 Å². The summed E-state index contributed by atoms with van der Waals surface area (Å²) in [6, 6.07) is 4.80. The number of ether oxygens (including phenoxy) is 1. The van der Waals surface area contributed by atoms with Crippen molar-refractivity contribution in [2.45, 2.75) is 13.5 Å². The van der Waals surface area contributed by atoms with Gasteiger partial charge < -0.3 is 19.1 Å². The molecule has 1 amide bonds. The number of methoxy groups -OCH3 is 1. The highest BCUT2D eigenvalue weighted by atomic mass is 16.5. The first-order chi connectivity index (χ1) is 11.2. The second-order valence-corrected chi connectivity index (χ2v) is 4.60. The molecular weight excluding hydrogens is 302 g/mol. The van der Waals surface area contributed by atoms with Gasteiger partial charge in [-0.3, -0.25) is 4.79 Å². The summed E-state index contributed by atoms with van der Waals surface area (Å²) in [4.78, 5) is 20.1. The minimum Gasteiger partial charge on any atom is -0.481 e. The zero-order chi connectivity index (χ0) is 16.2. The number of nitrogens with zero attached hydrogens (tertiary/aromatic N) is 4. The number of amides is 1. The van der Waals surface area contributed by atoms with Gasteiger partial charge in [-0.15, -0.1) is 0 Å². The Bertz CT molecular complexity index is 826. The molecule has 0 atom stereocenters. The lowest BCUT2D eigenvalue weighted by Crippen LogP contribution is -2.23. The molecule has 0 radical (unpaired) electrons. The monoisotopic (exact) mass is 315 g/mol. The molecule has 0 aliphatic rings. The van der Waals surface area contributed by atoms with Crippen molar-refractivity contribution in [2.24, 2.45) is 0 Å². The van der Waals surface area contributed by atoms with Gasteiger partial charge >= 0.3 is 0 Å². The Kier molecular flexibility index (Phi) is 4.00. The van der Waals surface area contributed by atoms with Gasteiger partial charge in [-0.1, -0.05) is 10.3 Å². The van der Waals surface area contributed by atoms with E-state index in [0.29, 0.717) is 28.7 Å². The SMILES string of the molecule is COc1cc(C(=O)NCc2nc(-c3cc(C)on3)no2)ccn1. The van der Waals surface area contributed by atoms with Crippen LogP contribution < -0.4 is 10.1 Å². The number of aromatic nitrogens is 4. The molecular formula is C14H13N5O4. The van der Waals surface area contributed by atoms with Crippen molar-refractivity contribution in [3.8, 4) is 17.4 Å². The molecule has 0 bridgehead atoms. The summed E-state index contributed by atoms with van der Waals surface area (Å²) >= 11 is 0. The highest BCUT2D eigenvalue weighted by Crippen LogP contribution is 2.15. The van der Waals surface area contributed by atoms with Gasteiger partial charge in [-0.25, -0.2) is 4.98 Å². The topological polar surface area (TPSA) is 116 Å². The fourth-order valence-corrected chi connectivity index (χ4v) is 1.82. The molecule has 9 nitrogen and oxygen atoms in total. The number of rotatable bonds is 5. The summed E-state index contributed by atoms with van der Waals surface area (Å²) in [7, 11) is 1.48. The molecule has 0 spiro atoms. The molecule has 3 aromatic rings. The van der Waals surface area contributed by atoms with E-state index in [4.69, 9.17) is 13.8 Å². The Morgan fingerprint density at radius 3 is 2.91 bits per heavy atom. The standard InChI is InChI=1S/C14H13N5O4/c1-8-5-10(18-22-8)13-17-12(23-19-13)7-16-14(20)9-3-4-15-11(6-9)21-2/h3-6H,7H2,1-2H3,(H,16,20). The maximum Gasteiger partial charge on any atom is 0.251 e. The van der Waals surface area contributed by atoms with Gasteiger partial charge in [0.1, 0.15) is 5.76 Å². The van der Waals surface area contributed by atoms with Crippen LogP contribution in [0.3, 0.4) is 0 Å². The molecule has 0 unspecified atom stereocenters. The Hall–Kier alpha value is -3.23. The van der Waals surface area contributed by atoms with Crippen LogP contribution in [0.1, 0.15) is 22.0 Å². The second kappa shape index (κ2) is 6.26. The lowest BCUT2D eigenvalue weighted by atomic mass is 10.2. The van der Waals surface area contributed by atoms with Crippen molar-refractivity contribution in [3.63, 3.8) is 0 Å². The lowest BCUT2D eigenvalue weighted by molar-refractivity contribution is 0.0945. The van der Waals surface area contributed by atoms with Crippen molar-refractivity contribution in [1.82, 2.24) is 25.6 Å². The molecule has 118 valence electrons. The summed E-state index contributed by atoms with van der Waals surface area (Å²) in [6.45, 7) is 1.86. The van der Waals surface area contributed by atoms with E-state index in [1.54, 1.807) is 19.1 Å². The van der Waals surface area contributed by atoms with Gasteiger partial charge in [0, 0.05) is 23.9 Å². The number of hydrogen-bond donors (Lipinski definition) is 1. The zero-order valence-corrected chi connectivity index (χ0v) is 12.4. The smallest absolute Gasteiger partial charge is 0.251 e. The molecule has 9 heteroatoms. The van der Waals surface area contributed by atoms with E-state index < -0.39 is 0 Å². The minimum absolute atomic E-state index is 0.0906. The average Bonchev–Trinajstić information content (AvgIpc) is 3.21. The maximum atomic E-state index is 12.1. The first-order valence-corrected chi connectivity index (χ1v) is 6.70. The molecule has 3 rings (SSSR count). The van der Waals surface area contributed by atoms with E-state index in [2.05, 4.69) is 25.6 Å². The summed E-state index contributed by atoms with van der Waals surface area (Å²) in [5.41, 5.74) is 0.895. The summed E-state index contributed by atoms with van der Waals surface area (Å²) in [6.07, 6.45) is 1.49. The van der Waals surface area contributed by atoms with E-state index in [-0.39, 0.29) is 18.3 Å². The first-order valence-electron chi connectivity index (χ1n) is 6.70. The molecule has 3 aromatic heterocycles. The summed E-state index contributed by atoms with van der Waals surface area (Å²) < 4.78 is 15.0. The van der Waals surface area contributed by atoms with E-state index in [1.807, 2.05) is 0 Å². The number of carbonyl (C=O) groups excluding carboxylic acids is 1. The molecule has 0 aliphatic heterocycles. The Labute approximate surface area is 130 Å². The van der Waals surface area contributed by atoms with E-state index in [0.717, 1.165) is 0 Å². The fraction of sp³-hybridized carbons (Fsp3) is 0.214. The third kappa shape index (κ3) is 3.34. The molecule has 23 heavy (non-hydrogen) atoms. The maximum absolute atomic E-state index is 12.1. The predicted octanol–water partition coefficient (Wildman–Crippen LogP) is 1.37. The van der Waals surface area contributed by atoms with Crippen molar-refractivity contribution in [2.75, 3.05) is 7.11 Å². The van der Waals surface area contributed by atoms with Gasteiger partial charge in [0.25, 0.3) is 5.91 Å². The normalized spacial score (nSPS) is 10.5. The van der Waals surface area contributed by atoms with Crippen LogP contribution in [0.15, 0.2) is 33.4 Å². The van der Waals surface area contributed by atoms with Crippen molar-refractivity contribution >= 4 is 5.91 Å². The summed E-state index contributed by atoms with van der Waals surface area (Å²) in [5, 5.41) is 10.3. The average molecular weight is 315 g/mol. The van der Waals surface area contributed by atoms with Gasteiger partial charge in [-0.05, 0) is 13.0 Å². The molecule has 3 heterocycles. The Morgan fingerprint density at radius 2 is 2.17 bits per heavy atom. The third-order valence-electron chi connectivity index (χ3n) is 2.93. The fourth-order valence-electron chi connectivity index (χ4n) is 1.82. The van der Waals surface area contributed by atoms with Crippen molar-refractivity contribution in [1.29, 1.82) is 0 Å². The van der Waals surface area contributed by atoms with Crippen LogP contribution in [-0.4, -0.2) is 33.3 Å². The second-order valence-electron chi connectivity index (χ2n) is 4.60. The minimum atomic E-state index is -0.303. The van der Waals surface area contributed by atoms with Gasteiger partial charge in [0.2, 0.25) is 17.6 Å². The van der Waals surface area contributed by atoms with Crippen molar-refractivity contribution in [3.05, 3.63) is 41.6 Å². The van der Waals surface area contributed by atoms with Gasteiger partial charge in [0.15, 0.2) is 5.69 Å². The first kappa shape index (κ1) is 14.7. The third-order valence-corrected chi connectivity index (χ3v) is 2.93. The number of aryl methyl sites for hydroxylation is 1. The van der Waals surface area contributed by atoms with Crippen LogP contribution >= 0.6 is 0 Å². The van der Waals surface area contributed by atoms with Crippen LogP contribution in [0.5, 0.6) is 5.88 Å². The molecule has 1 N–H and O–H groups in total. The summed E-state index contributed by atoms with van der Waals surface area (Å²) in [5.74, 6) is 1.26. The molecule has 0 fully saturated rings. The lowest BCUT2D eigenvalue weighted by Gasteiger charge is -2.03. The largest absolute Gasteiger partial charge is 0.481 e. The van der Waals surface area contributed by atoms with Crippen LogP contribution in [0, 0.1) is 6.92 Å². The zero-order valence-electron chi connectivity index (χ0n) is 12.4. The number of pyridine rings is 1. The molecule has 0 aromatic carbocycles. The highest BCUT2D eigenvalue weighted by Gasteiger charge is 2.14. The van der Waals surface area contributed by atoms with Crippen LogP contribution in [0.4, 0.5) is 0 Å². The van der Waals surface area contributed by atoms with Crippen LogP contribution in [0.25, 0.3) is 11.5 Å². The van der Waals surface area contributed by atoms with Crippen LogP contribution in [-0.2, 0) is 6.54 Å². The molecule has 0 saturated heterocycles. The quantitative estimate of drug-likeness (QED) is 0.750.